The number of carbonyl (C=O) groups excluding carboxylic acids is 1. The SMILES string of the molecule is C=CCC1(Cl)C(=O)N(S(=O)(=O)c2ccc(C)cc2)CC1CCl. The van der Waals surface area contributed by atoms with Crippen molar-refractivity contribution in [1.82, 2.24) is 4.31 Å². The Bertz CT molecular complexity index is 687. The van der Waals surface area contributed by atoms with E-state index in [1.165, 1.54) is 18.2 Å². The number of alkyl halides is 2. The number of amides is 1. The van der Waals surface area contributed by atoms with E-state index in [9.17, 15) is 13.2 Å². The van der Waals surface area contributed by atoms with E-state index in [1.807, 2.05) is 6.92 Å². The van der Waals surface area contributed by atoms with Gasteiger partial charge in [-0.25, -0.2) is 12.7 Å². The van der Waals surface area contributed by atoms with E-state index in [4.69, 9.17) is 23.2 Å². The van der Waals surface area contributed by atoms with Crippen molar-refractivity contribution >= 4 is 39.1 Å². The number of hydrogen-bond acceptors (Lipinski definition) is 3. The first-order valence-corrected chi connectivity index (χ1v) is 9.12. The molecule has 0 bridgehead atoms. The number of carbonyl (C=O) groups is 1. The molecule has 2 rings (SSSR count). The summed E-state index contributed by atoms with van der Waals surface area (Å²) in [7, 11) is -3.93. The Morgan fingerprint density at radius 3 is 2.50 bits per heavy atom. The van der Waals surface area contributed by atoms with Crippen molar-refractivity contribution < 1.29 is 13.2 Å². The van der Waals surface area contributed by atoms with Crippen LogP contribution in [0.2, 0.25) is 0 Å². The van der Waals surface area contributed by atoms with Crippen LogP contribution < -0.4 is 0 Å². The van der Waals surface area contributed by atoms with Gasteiger partial charge >= 0.3 is 0 Å². The van der Waals surface area contributed by atoms with Gasteiger partial charge in [-0.2, -0.15) is 0 Å². The topological polar surface area (TPSA) is 54.5 Å². The fourth-order valence-corrected chi connectivity index (χ4v) is 4.83. The summed E-state index contributed by atoms with van der Waals surface area (Å²) in [5.74, 6) is -0.995. The van der Waals surface area contributed by atoms with Crippen molar-refractivity contribution in [2.45, 2.75) is 23.1 Å². The largest absolute Gasteiger partial charge is 0.272 e. The Morgan fingerprint density at radius 1 is 1.41 bits per heavy atom. The predicted molar refractivity (Wildman–Crippen MR) is 87.7 cm³/mol. The Hall–Kier alpha value is -1.04. The molecule has 120 valence electrons. The first kappa shape index (κ1) is 17.3. The molecule has 1 aliphatic heterocycles. The molecule has 1 fully saturated rings. The molecule has 0 aliphatic carbocycles. The zero-order valence-corrected chi connectivity index (χ0v) is 14.5. The molecule has 0 N–H and O–H groups in total. The van der Waals surface area contributed by atoms with E-state index < -0.39 is 26.7 Å². The second kappa shape index (κ2) is 6.22. The summed E-state index contributed by atoms with van der Waals surface area (Å²) in [6.07, 6.45) is 1.68. The lowest BCUT2D eigenvalue weighted by molar-refractivity contribution is -0.126. The first-order valence-electron chi connectivity index (χ1n) is 6.77. The molecule has 0 radical (unpaired) electrons. The number of hydrogen-bond donors (Lipinski definition) is 0. The van der Waals surface area contributed by atoms with E-state index in [0.29, 0.717) is 0 Å². The number of allylic oxidation sites excluding steroid dienone is 1. The van der Waals surface area contributed by atoms with E-state index >= 15 is 0 Å². The fourth-order valence-electron chi connectivity index (χ4n) is 2.49. The van der Waals surface area contributed by atoms with Gasteiger partial charge in [0.1, 0.15) is 4.87 Å². The molecule has 0 aromatic heterocycles. The molecule has 2 unspecified atom stereocenters. The summed E-state index contributed by atoms with van der Waals surface area (Å²) in [5.41, 5.74) is 0.934. The Labute approximate surface area is 140 Å². The van der Waals surface area contributed by atoms with Crippen LogP contribution in [0.15, 0.2) is 41.8 Å². The predicted octanol–water partition coefficient (Wildman–Crippen LogP) is 2.93. The van der Waals surface area contributed by atoms with E-state index in [2.05, 4.69) is 6.58 Å². The average Bonchev–Trinajstić information content (AvgIpc) is 2.72. The zero-order chi connectivity index (χ0) is 16.5. The van der Waals surface area contributed by atoms with Crippen LogP contribution in [0, 0.1) is 12.8 Å². The standard InChI is InChI=1S/C15H17Cl2NO3S/c1-3-8-15(17)12(9-16)10-18(14(15)19)22(20,21)13-6-4-11(2)5-7-13/h3-7,12H,1,8-10H2,2H3. The van der Waals surface area contributed by atoms with Gasteiger partial charge < -0.3 is 0 Å². The van der Waals surface area contributed by atoms with Gasteiger partial charge in [-0.3, -0.25) is 4.79 Å². The molecule has 22 heavy (non-hydrogen) atoms. The molecule has 1 heterocycles. The molecule has 1 aromatic rings. The summed E-state index contributed by atoms with van der Waals surface area (Å²) in [5, 5.41) is 0. The highest BCUT2D eigenvalue weighted by Crippen LogP contribution is 2.41. The number of sulfonamides is 1. The minimum absolute atomic E-state index is 0.0180. The highest BCUT2D eigenvalue weighted by molar-refractivity contribution is 7.89. The third-order valence-electron chi connectivity index (χ3n) is 3.85. The van der Waals surface area contributed by atoms with Gasteiger partial charge in [0.15, 0.2) is 0 Å². The zero-order valence-electron chi connectivity index (χ0n) is 12.1. The van der Waals surface area contributed by atoms with Crippen LogP contribution in [0.5, 0.6) is 0 Å². The fraction of sp³-hybridized carbons (Fsp3) is 0.400. The highest BCUT2D eigenvalue weighted by atomic mass is 35.5. The normalized spacial score (nSPS) is 25.5. The first-order chi connectivity index (χ1) is 10.3. The molecule has 4 nitrogen and oxygen atoms in total. The van der Waals surface area contributed by atoms with E-state index in [-0.39, 0.29) is 23.7 Å². The molecule has 0 saturated carbocycles. The highest BCUT2D eigenvalue weighted by Gasteiger charge is 2.55. The van der Waals surface area contributed by atoms with Crippen molar-refractivity contribution in [2.75, 3.05) is 12.4 Å². The summed E-state index contributed by atoms with van der Waals surface area (Å²) in [6.45, 7) is 5.42. The summed E-state index contributed by atoms with van der Waals surface area (Å²) >= 11 is 12.3. The molecule has 1 aromatic carbocycles. The number of nitrogens with zero attached hydrogens (tertiary/aromatic N) is 1. The smallest absolute Gasteiger partial charge is 0.266 e. The molecule has 2 atom stereocenters. The third kappa shape index (κ3) is 2.77. The van der Waals surface area contributed by atoms with Gasteiger partial charge in [-0.1, -0.05) is 23.8 Å². The maximum Gasteiger partial charge on any atom is 0.266 e. The summed E-state index contributed by atoms with van der Waals surface area (Å²) < 4.78 is 26.2. The van der Waals surface area contributed by atoms with Crippen LogP contribution in [-0.4, -0.2) is 35.9 Å². The second-order valence-electron chi connectivity index (χ2n) is 5.36. The maximum atomic E-state index is 12.7. The van der Waals surface area contributed by atoms with Gasteiger partial charge in [0.05, 0.1) is 4.90 Å². The van der Waals surface area contributed by atoms with Gasteiger partial charge in [0.25, 0.3) is 15.9 Å². The molecular weight excluding hydrogens is 345 g/mol. The van der Waals surface area contributed by atoms with Crippen LogP contribution >= 0.6 is 23.2 Å². The number of halogens is 2. The number of benzene rings is 1. The van der Waals surface area contributed by atoms with Crippen molar-refractivity contribution in [2.24, 2.45) is 5.92 Å². The minimum atomic E-state index is -3.93. The molecule has 1 saturated heterocycles. The summed E-state index contributed by atoms with van der Waals surface area (Å²) in [4.78, 5) is 11.3. The van der Waals surface area contributed by atoms with Crippen LogP contribution in [0.1, 0.15) is 12.0 Å². The lowest BCUT2D eigenvalue weighted by Gasteiger charge is -2.22. The minimum Gasteiger partial charge on any atom is -0.272 e. The number of rotatable bonds is 5. The lowest BCUT2D eigenvalue weighted by Crippen LogP contribution is -2.40. The Kier molecular flexibility index (Phi) is 4.90. The molecular formula is C15H17Cl2NO3S. The van der Waals surface area contributed by atoms with Gasteiger partial charge in [0, 0.05) is 18.3 Å². The molecule has 1 amide bonds. The van der Waals surface area contributed by atoms with Gasteiger partial charge in [-0.05, 0) is 25.5 Å². The number of aryl methyl sites for hydroxylation is 1. The molecule has 0 spiro atoms. The van der Waals surface area contributed by atoms with Crippen LogP contribution in [0.3, 0.4) is 0 Å². The van der Waals surface area contributed by atoms with Crippen LogP contribution in [0.25, 0.3) is 0 Å². The van der Waals surface area contributed by atoms with Crippen molar-refractivity contribution in [3.63, 3.8) is 0 Å². The van der Waals surface area contributed by atoms with E-state index in [0.717, 1.165) is 9.87 Å². The average molecular weight is 362 g/mol. The molecule has 1 aliphatic rings. The van der Waals surface area contributed by atoms with Gasteiger partial charge in [-0.15, -0.1) is 29.8 Å². The summed E-state index contributed by atoms with van der Waals surface area (Å²) in [6, 6.07) is 6.33. The quantitative estimate of drug-likeness (QED) is 0.598. The van der Waals surface area contributed by atoms with Crippen molar-refractivity contribution in [3.05, 3.63) is 42.5 Å². The Balaban J connectivity index is 2.42. The lowest BCUT2D eigenvalue weighted by atomic mass is 9.93. The Morgan fingerprint density at radius 2 is 2.00 bits per heavy atom. The van der Waals surface area contributed by atoms with E-state index in [1.54, 1.807) is 12.1 Å². The van der Waals surface area contributed by atoms with Crippen molar-refractivity contribution in [1.29, 1.82) is 0 Å². The van der Waals surface area contributed by atoms with Crippen LogP contribution in [-0.2, 0) is 14.8 Å². The second-order valence-corrected chi connectivity index (χ2v) is 8.21. The van der Waals surface area contributed by atoms with Crippen molar-refractivity contribution in [3.8, 4) is 0 Å². The monoisotopic (exact) mass is 361 g/mol. The van der Waals surface area contributed by atoms with Crippen LogP contribution in [0.4, 0.5) is 0 Å². The molecule has 7 heteroatoms. The van der Waals surface area contributed by atoms with Gasteiger partial charge in [0.2, 0.25) is 0 Å². The third-order valence-corrected chi connectivity index (χ3v) is 6.61. The maximum absolute atomic E-state index is 12.7.